The number of ketones is 2. The van der Waals surface area contributed by atoms with Crippen molar-refractivity contribution in [3.05, 3.63) is 11.6 Å². The van der Waals surface area contributed by atoms with Crippen LogP contribution in [0.1, 0.15) is 52.4 Å². The summed E-state index contributed by atoms with van der Waals surface area (Å²) >= 11 is 0. The molecule has 0 aliphatic heterocycles. The first-order valence-corrected chi connectivity index (χ1v) is 8.92. The van der Waals surface area contributed by atoms with Gasteiger partial charge in [-0.15, -0.1) is 0 Å². The molecule has 4 nitrogen and oxygen atoms in total. The lowest BCUT2D eigenvalue weighted by Crippen LogP contribution is -2.60. The third-order valence-corrected chi connectivity index (χ3v) is 7.80. The van der Waals surface area contributed by atoms with Gasteiger partial charge in [0.15, 0.2) is 5.78 Å². The van der Waals surface area contributed by atoms with Crippen LogP contribution in [-0.2, 0) is 9.59 Å². The largest absolute Gasteiger partial charge is 0.392 e. The van der Waals surface area contributed by atoms with Crippen LogP contribution in [0.15, 0.2) is 11.6 Å². The second kappa shape index (κ2) is 4.76. The van der Waals surface area contributed by atoms with E-state index >= 15 is 0 Å². The highest BCUT2D eigenvalue weighted by molar-refractivity contribution is 5.92. The van der Waals surface area contributed by atoms with E-state index in [1.165, 1.54) is 0 Å². The van der Waals surface area contributed by atoms with Gasteiger partial charge < -0.3 is 10.2 Å². The van der Waals surface area contributed by atoms with E-state index in [1.807, 2.05) is 6.92 Å². The maximum atomic E-state index is 12.4. The van der Waals surface area contributed by atoms with E-state index in [1.54, 1.807) is 6.08 Å². The number of Topliss-reactive ketones (excluding diaryl/α,β-unsaturated/α-hetero) is 1. The molecule has 126 valence electrons. The third-order valence-electron chi connectivity index (χ3n) is 7.80. The van der Waals surface area contributed by atoms with Crippen LogP contribution in [0.2, 0.25) is 0 Å². The van der Waals surface area contributed by atoms with Crippen LogP contribution < -0.4 is 0 Å². The van der Waals surface area contributed by atoms with Gasteiger partial charge in [-0.2, -0.15) is 0 Å². The van der Waals surface area contributed by atoms with Crippen LogP contribution in [0, 0.1) is 28.6 Å². The molecule has 0 aromatic carbocycles. The van der Waals surface area contributed by atoms with E-state index in [0.717, 1.165) is 18.4 Å². The maximum Gasteiger partial charge on any atom is 0.155 e. The molecule has 3 fully saturated rings. The summed E-state index contributed by atoms with van der Waals surface area (Å²) in [7, 11) is 0. The highest BCUT2D eigenvalue weighted by atomic mass is 16.3. The summed E-state index contributed by atoms with van der Waals surface area (Å²) in [6.07, 6.45) is 4.35. The molecule has 0 heterocycles. The number of hydrogen-bond acceptors (Lipinski definition) is 4. The molecule has 2 unspecified atom stereocenters. The molecule has 0 saturated heterocycles. The highest BCUT2D eigenvalue weighted by Crippen LogP contribution is 2.64. The number of carbonyl (C=O) groups is 2. The molecule has 3 saturated carbocycles. The number of carbonyl (C=O) groups excluding carboxylic acids is 2. The molecule has 0 radical (unpaired) electrons. The third kappa shape index (κ3) is 1.85. The maximum absolute atomic E-state index is 12.4. The van der Waals surface area contributed by atoms with Gasteiger partial charge in [0.05, 0.1) is 17.6 Å². The molecule has 4 rings (SSSR count). The molecule has 23 heavy (non-hydrogen) atoms. The smallest absolute Gasteiger partial charge is 0.155 e. The molecule has 4 aliphatic carbocycles. The molecular weight excluding hydrogens is 292 g/mol. The van der Waals surface area contributed by atoms with Crippen molar-refractivity contribution in [1.82, 2.24) is 0 Å². The monoisotopic (exact) mass is 318 g/mol. The van der Waals surface area contributed by atoms with Crippen LogP contribution in [0.25, 0.3) is 0 Å². The average molecular weight is 318 g/mol. The van der Waals surface area contributed by atoms with Gasteiger partial charge in [-0.25, -0.2) is 0 Å². The summed E-state index contributed by atoms with van der Waals surface area (Å²) in [6, 6.07) is 0. The number of aliphatic hydroxyl groups excluding tert-OH is 2. The Labute approximate surface area is 137 Å². The molecule has 0 amide bonds. The van der Waals surface area contributed by atoms with Crippen molar-refractivity contribution >= 4 is 11.6 Å². The predicted octanol–water partition coefficient (Wildman–Crippen LogP) is 2.03. The summed E-state index contributed by atoms with van der Waals surface area (Å²) in [6.45, 7) is 4.10. The number of hydrogen-bond donors (Lipinski definition) is 2. The minimum Gasteiger partial charge on any atom is -0.392 e. The Morgan fingerprint density at radius 3 is 2.61 bits per heavy atom. The average Bonchev–Trinajstić information content (AvgIpc) is 2.80. The fraction of sp³-hybridized carbons (Fsp3) is 0.789. The molecule has 7 atom stereocenters. The summed E-state index contributed by atoms with van der Waals surface area (Å²) < 4.78 is 0. The van der Waals surface area contributed by atoms with Gasteiger partial charge in [-0.3, -0.25) is 9.59 Å². The van der Waals surface area contributed by atoms with Crippen LogP contribution >= 0.6 is 0 Å². The first kappa shape index (κ1) is 15.5. The topological polar surface area (TPSA) is 74.6 Å². The first-order chi connectivity index (χ1) is 10.8. The van der Waals surface area contributed by atoms with Crippen LogP contribution in [-0.4, -0.2) is 34.0 Å². The van der Waals surface area contributed by atoms with Gasteiger partial charge in [-0.1, -0.05) is 12.5 Å². The fourth-order valence-electron chi connectivity index (χ4n) is 6.28. The Morgan fingerprint density at radius 2 is 1.87 bits per heavy atom. The van der Waals surface area contributed by atoms with Crippen molar-refractivity contribution in [3.8, 4) is 0 Å². The van der Waals surface area contributed by atoms with Crippen molar-refractivity contribution in [1.29, 1.82) is 0 Å². The standard InChI is InChI=1S/C19H26O4/c1-18-6-5-11(20)7-10(18)8-14(21)17-12-3-4-15(22)19(12,2)16(23)9-13(17)18/h7,12-14,16-17,21,23H,3-6,8-9H2,1-2H3/t12-,13+,14?,16?,17-,18-,19-/m0/s1. The van der Waals surface area contributed by atoms with Gasteiger partial charge in [0, 0.05) is 12.8 Å². The molecule has 0 bridgehead atoms. The second-order valence-electron chi connectivity index (χ2n) is 8.61. The van der Waals surface area contributed by atoms with Crippen molar-refractivity contribution in [2.45, 2.75) is 64.6 Å². The Morgan fingerprint density at radius 1 is 1.13 bits per heavy atom. The van der Waals surface area contributed by atoms with E-state index in [9.17, 15) is 19.8 Å². The highest BCUT2D eigenvalue weighted by Gasteiger charge is 2.64. The Kier molecular flexibility index (Phi) is 3.21. The molecule has 4 aliphatic rings. The van der Waals surface area contributed by atoms with Crippen LogP contribution in [0.4, 0.5) is 0 Å². The molecule has 4 heteroatoms. The van der Waals surface area contributed by atoms with Crippen molar-refractivity contribution < 1.29 is 19.8 Å². The van der Waals surface area contributed by atoms with Crippen molar-refractivity contribution in [2.24, 2.45) is 28.6 Å². The Bertz CT molecular complexity index is 608. The van der Waals surface area contributed by atoms with Crippen molar-refractivity contribution in [3.63, 3.8) is 0 Å². The van der Waals surface area contributed by atoms with Gasteiger partial charge in [0.1, 0.15) is 5.78 Å². The van der Waals surface area contributed by atoms with Crippen LogP contribution in [0.5, 0.6) is 0 Å². The summed E-state index contributed by atoms with van der Waals surface area (Å²) in [5.74, 6) is 0.593. The number of aliphatic hydroxyl groups is 2. The minimum atomic E-state index is -0.690. The van der Waals surface area contributed by atoms with E-state index in [-0.39, 0.29) is 34.7 Å². The van der Waals surface area contributed by atoms with Crippen molar-refractivity contribution in [2.75, 3.05) is 0 Å². The number of fused-ring (bicyclic) bond motifs is 5. The van der Waals surface area contributed by atoms with E-state index in [0.29, 0.717) is 25.7 Å². The number of rotatable bonds is 0. The molecular formula is C19H26O4. The first-order valence-electron chi connectivity index (χ1n) is 8.92. The molecule has 2 N–H and O–H groups in total. The van der Waals surface area contributed by atoms with E-state index in [4.69, 9.17) is 0 Å². The lowest BCUT2D eigenvalue weighted by atomic mass is 9.46. The summed E-state index contributed by atoms with van der Waals surface area (Å²) in [4.78, 5) is 24.2. The quantitative estimate of drug-likeness (QED) is 0.717. The zero-order valence-electron chi connectivity index (χ0n) is 13.9. The fourth-order valence-corrected chi connectivity index (χ4v) is 6.28. The minimum absolute atomic E-state index is 0.0604. The summed E-state index contributed by atoms with van der Waals surface area (Å²) in [5, 5.41) is 21.6. The Hall–Kier alpha value is -1.00. The van der Waals surface area contributed by atoms with Gasteiger partial charge in [0.25, 0.3) is 0 Å². The van der Waals surface area contributed by atoms with Crippen LogP contribution in [0.3, 0.4) is 0 Å². The van der Waals surface area contributed by atoms with E-state index < -0.39 is 17.6 Å². The lowest BCUT2D eigenvalue weighted by Gasteiger charge is -2.59. The van der Waals surface area contributed by atoms with Gasteiger partial charge in [0.2, 0.25) is 0 Å². The SMILES string of the molecule is C[C@]12CCC(=O)C=C1CC(O)[C@@H]1[C@H]2CC(O)[C@]2(C)C(=O)CC[C@@H]12. The van der Waals surface area contributed by atoms with Gasteiger partial charge >= 0.3 is 0 Å². The molecule has 0 spiro atoms. The zero-order valence-corrected chi connectivity index (χ0v) is 13.9. The second-order valence-corrected chi connectivity index (χ2v) is 8.61. The summed E-state index contributed by atoms with van der Waals surface area (Å²) in [5.41, 5.74) is 0.248. The predicted molar refractivity (Wildman–Crippen MR) is 84.5 cm³/mol. The zero-order chi connectivity index (χ0) is 16.6. The molecule has 0 aromatic heterocycles. The molecule has 0 aromatic rings. The lowest BCUT2D eigenvalue weighted by molar-refractivity contribution is -0.164. The Balaban J connectivity index is 1.79. The van der Waals surface area contributed by atoms with Gasteiger partial charge in [-0.05, 0) is 61.9 Å². The van der Waals surface area contributed by atoms with E-state index in [2.05, 4.69) is 6.92 Å². The normalized spacial score (nSPS) is 52.5.